The van der Waals surface area contributed by atoms with Crippen molar-refractivity contribution in [2.75, 3.05) is 26.2 Å². The van der Waals surface area contributed by atoms with Crippen LogP contribution in [0.5, 0.6) is 0 Å². The molecule has 0 amide bonds. The minimum absolute atomic E-state index is 0.464. The zero-order valence-corrected chi connectivity index (χ0v) is 14.0. The molecule has 5 heteroatoms. The topological polar surface area (TPSA) is 46.0 Å². The Morgan fingerprint density at radius 1 is 1.30 bits per heavy atom. The predicted octanol–water partition coefficient (Wildman–Crippen LogP) is 2.59. The molecule has 2 aromatic rings. The fourth-order valence-electron chi connectivity index (χ4n) is 4.25. The third-order valence-corrected chi connectivity index (χ3v) is 5.44. The van der Waals surface area contributed by atoms with Crippen LogP contribution >= 0.6 is 0 Å². The van der Waals surface area contributed by atoms with E-state index in [9.17, 15) is 0 Å². The van der Waals surface area contributed by atoms with Crippen molar-refractivity contribution in [1.29, 1.82) is 0 Å². The van der Waals surface area contributed by atoms with Crippen LogP contribution in [0.3, 0.4) is 0 Å². The number of nitrogens with zero attached hydrogens (tertiary/aromatic N) is 4. The zero-order chi connectivity index (χ0) is 15.6. The Hall–Kier alpha value is -1.46. The molecule has 0 bridgehead atoms. The van der Waals surface area contributed by atoms with E-state index in [0.29, 0.717) is 12.0 Å². The van der Waals surface area contributed by atoms with Gasteiger partial charge in [-0.25, -0.2) is 9.97 Å². The number of piperidine rings is 1. The van der Waals surface area contributed by atoms with Crippen molar-refractivity contribution >= 4 is 11.2 Å². The molecule has 124 valence electrons. The van der Waals surface area contributed by atoms with Crippen molar-refractivity contribution in [3.05, 3.63) is 24.2 Å². The lowest BCUT2D eigenvalue weighted by Crippen LogP contribution is -2.33. The number of nitrogens with one attached hydrogen (secondary N) is 1. The smallest absolute Gasteiger partial charge is 0.160 e. The molecule has 0 aliphatic carbocycles. The van der Waals surface area contributed by atoms with Crippen molar-refractivity contribution in [3.8, 4) is 0 Å². The molecule has 0 radical (unpaired) electrons. The predicted molar refractivity (Wildman–Crippen MR) is 92.3 cm³/mol. The van der Waals surface area contributed by atoms with Gasteiger partial charge < -0.3 is 9.88 Å². The Morgan fingerprint density at radius 2 is 2.26 bits per heavy atom. The van der Waals surface area contributed by atoms with Crippen molar-refractivity contribution in [3.63, 3.8) is 0 Å². The summed E-state index contributed by atoms with van der Waals surface area (Å²) in [7, 11) is 0. The molecule has 2 aliphatic heterocycles. The summed E-state index contributed by atoms with van der Waals surface area (Å²) >= 11 is 0. The van der Waals surface area contributed by atoms with Gasteiger partial charge in [-0.2, -0.15) is 0 Å². The van der Waals surface area contributed by atoms with E-state index in [0.717, 1.165) is 30.8 Å². The molecule has 4 rings (SSSR count). The standard InChI is InChI=1S/C18H27N5/c1-2-22-11-5-8-16(22)18-21-15-7-4-10-20-17(15)23(18)13-14-6-3-9-19-12-14/h4,7,10,14,16,19H,2-3,5-6,8-9,11-13H2,1H3. The molecule has 2 fully saturated rings. The van der Waals surface area contributed by atoms with Gasteiger partial charge in [0, 0.05) is 12.7 Å². The lowest BCUT2D eigenvalue weighted by molar-refractivity contribution is 0.250. The van der Waals surface area contributed by atoms with Crippen LogP contribution in [-0.4, -0.2) is 45.6 Å². The molecule has 1 N–H and O–H groups in total. The summed E-state index contributed by atoms with van der Waals surface area (Å²) < 4.78 is 2.42. The summed E-state index contributed by atoms with van der Waals surface area (Å²) in [6, 6.07) is 4.57. The number of aromatic nitrogens is 3. The second-order valence-electron chi connectivity index (χ2n) is 6.93. The molecule has 2 saturated heterocycles. The quantitative estimate of drug-likeness (QED) is 0.942. The van der Waals surface area contributed by atoms with Crippen LogP contribution in [0.25, 0.3) is 11.2 Å². The highest BCUT2D eigenvalue weighted by Crippen LogP contribution is 2.33. The molecule has 0 saturated carbocycles. The van der Waals surface area contributed by atoms with Crippen LogP contribution < -0.4 is 5.32 Å². The zero-order valence-electron chi connectivity index (χ0n) is 14.0. The summed E-state index contributed by atoms with van der Waals surface area (Å²) in [5, 5.41) is 3.54. The molecule has 23 heavy (non-hydrogen) atoms. The number of fused-ring (bicyclic) bond motifs is 1. The molecule has 4 heterocycles. The fourth-order valence-corrected chi connectivity index (χ4v) is 4.25. The van der Waals surface area contributed by atoms with Crippen LogP contribution in [0, 0.1) is 5.92 Å². The SMILES string of the molecule is CCN1CCCC1c1nc2cccnc2n1CC1CCCNC1. The monoisotopic (exact) mass is 313 g/mol. The van der Waals surface area contributed by atoms with Gasteiger partial charge in [-0.15, -0.1) is 0 Å². The first-order chi connectivity index (χ1) is 11.4. The van der Waals surface area contributed by atoms with Crippen LogP contribution in [0.4, 0.5) is 0 Å². The molecular weight excluding hydrogens is 286 g/mol. The first-order valence-electron chi connectivity index (χ1n) is 9.12. The van der Waals surface area contributed by atoms with Crippen LogP contribution in [0.2, 0.25) is 0 Å². The summed E-state index contributed by atoms with van der Waals surface area (Å²) in [6.07, 6.45) is 6.99. The van der Waals surface area contributed by atoms with Gasteiger partial charge in [0.25, 0.3) is 0 Å². The molecule has 2 unspecified atom stereocenters. The minimum atomic E-state index is 0.464. The van der Waals surface area contributed by atoms with E-state index in [-0.39, 0.29) is 0 Å². The molecule has 0 spiro atoms. The first-order valence-corrected chi connectivity index (χ1v) is 9.12. The molecular formula is C18H27N5. The van der Waals surface area contributed by atoms with E-state index in [4.69, 9.17) is 4.98 Å². The molecule has 2 atom stereocenters. The molecule has 5 nitrogen and oxygen atoms in total. The van der Waals surface area contributed by atoms with E-state index in [1.807, 2.05) is 12.3 Å². The second-order valence-corrected chi connectivity index (χ2v) is 6.93. The molecule has 2 aromatic heterocycles. The number of pyridine rings is 1. The summed E-state index contributed by atoms with van der Waals surface area (Å²) in [5.74, 6) is 1.93. The fraction of sp³-hybridized carbons (Fsp3) is 0.667. The van der Waals surface area contributed by atoms with Gasteiger partial charge in [0.1, 0.15) is 11.3 Å². The largest absolute Gasteiger partial charge is 0.316 e. The summed E-state index contributed by atoms with van der Waals surface area (Å²) in [4.78, 5) is 12.2. The van der Waals surface area contributed by atoms with E-state index in [2.05, 4.69) is 32.8 Å². The van der Waals surface area contributed by atoms with Crippen molar-refractivity contribution in [2.24, 2.45) is 5.92 Å². The van der Waals surface area contributed by atoms with E-state index in [1.54, 1.807) is 0 Å². The minimum Gasteiger partial charge on any atom is -0.316 e. The summed E-state index contributed by atoms with van der Waals surface area (Å²) in [5.41, 5.74) is 2.12. The van der Waals surface area contributed by atoms with Crippen LogP contribution in [-0.2, 0) is 6.54 Å². The number of hydrogen-bond donors (Lipinski definition) is 1. The third-order valence-electron chi connectivity index (χ3n) is 5.44. The Morgan fingerprint density at radius 3 is 3.09 bits per heavy atom. The average Bonchev–Trinajstić information content (AvgIpc) is 3.20. The number of imidazole rings is 1. The van der Waals surface area contributed by atoms with Crippen molar-refractivity contribution in [2.45, 2.75) is 45.2 Å². The normalized spacial score (nSPS) is 26.1. The number of rotatable bonds is 4. The van der Waals surface area contributed by atoms with E-state index in [1.165, 1.54) is 44.6 Å². The molecule has 0 aromatic carbocycles. The van der Waals surface area contributed by atoms with Gasteiger partial charge >= 0.3 is 0 Å². The Kier molecular flexibility index (Phi) is 4.31. The van der Waals surface area contributed by atoms with Gasteiger partial charge in [0.15, 0.2) is 5.65 Å². The summed E-state index contributed by atoms with van der Waals surface area (Å²) in [6.45, 7) is 7.89. The highest BCUT2D eigenvalue weighted by atomic mass is 15.2. The second kappa shape index (κ2) is 6.57. The number of likely N-dealkylation sites (tertiary alicyclic amines) is 1. The Bertz CT molecular complexity index is 658. The van der Waals surface area contributed by atoms with Crippen molar-refractivity contribution in [1.82, 2.24) is 24.8 Å². The molecule has 2 aliphatic rings. The number of hydrogen-bond acceptors (Lipinski definition) is 4. The maximum Gasteiger partial charge on any atom is 0.160 e. The maximum atomic E-state index is 5.00. The van der Waals surface area contributed by atoms with Gasteiger partial charge in [-0.3, -0.25) is 4.90 Å². The van der Waals surface area contributed by atoms with E-state index >= 15 is 0 Å². The lowest BCUT2D eigenvalue weighted by Gasteiger charge is -2.27. The van der Waals surface area contributed by atoms with E-state index < -0.39 is 0 Å². The Labute approximate surface area is 138 Å². The van der Waals surface area contributed by atoms with Crippen molar-refractivity contribution < 1.29 is 0 Å². The van der Waals surface area contributed by atoms with Gasteiger partial charge in [-0.1, -0.05) is 6.92 Å². The Balaban J connectivity index is 1.71. The highest BCUT2D eigenvalue weighted by Gasteiger charge is 2.30. The van der Waals surface area contributed by atoms with Crippen LogP contribution in [0.15, 0.2) is 18.3 Å². The first kappa shape index (κ1) is 15.1. The highest BCUT2D eigenvalue weighted by molar-refractivity contribution is 5.71. The van der Waals surface area contributed by atoms with Gasteiger partial charge in [0.05, 0.1) is 6.04 Å². The maximum absolute atomic E-state index is 5.00. The van der Waals surface area contributed by atoms with Gasteiger partial charge in [0.2, 0.25) is 0 Å². The lowest BCUT2D eigenvalue weighted by atomic mass is 9.99. The third kappa shape index (κ3) is 2.88. The van der Waals surface area contributed by atoms with Crippen LogP contribution in [0.1, 0.15) is 44.5 Å². The average molecular weight is 313 g/mol. The van der Waals surface area contributed by atoms with Gasteiger partial charge in [-0.05, 0) is 69.9 Å².